The normalized spacial score (nSPS) is 11.7. The van der Waals surface area contributed by atoms with Gasteiger partial charge in [-0.25, -0.2) is 0 Å². The molecule has 0 bridgehead atoms. The minimum atomic E-state index is -0.109. The summed E-state index contributed by atoms with van der Waals surface area (Å²) < 4.78 is 1.78. The zero-order valence-corrected chi connectivity index (χ0v) is 17.4. The molecule has 0 saturated carbocycles. The Balaban J connectivity index is 2.10. The lowest BCUT2D eigenvalue weighted by atomic mass is 10.0. The first kappa shape index (κ1) is 19.8. The second-order valence-electron chi connectivity index (χ2n) is 7.03. The molecule has 0 saturated heterocycles. The molecule has 0 aliphatic carbocycles. The predicted octanol–water partition coefficient (Wildman–Crippen LogP) is 4.33. The lowest BCUT2D eigenvalue weighted by Gasteiger charge is -2.18. The maximum atomic E-state index is 13.4. The van der Waals surface area contributed by atoms with Crippen LogP contribution in [0.15, 0.2) is 67.0 Å². The lowest BCUT2D eigenvalue weighted by molar-refractivity contribution is -0.577. The molecular weight excluding hydrogens is 364 g/mol. The molecule has 0 spiro atoms. The van der Waals surface area contributed by atoms with Crippen LogP contribution in [0.5, 0.6) is 0 Å². The highest BCUT2D eigenvalue weighted by Gasteiger charge is 2.19. The molecule has 0 fully saturated rings. The van der Waals surface area contributed by atoms with Gasteiger partial charge in [0.15, 0.2) is 17.4 Å². The molecule has 0 unspecified atom stereocenters. The number of thiocarbonyl (C=S) groups is 1. The number of aryl methyl sites for hydroxylation is 4. The smallest absolute Gasteiger partial charge is 0.238 e. The van der Waals surface area contributed by atoms with Gasteiger partial charge in [-0.2, -0.15) is 4.57 Å². The Hall–Kier alpha value is -2.98. The van der Waals surface area contributed by atoms with E-state index in [1.54, 1.807) is 4.57 Å². The van der Waals surface area contributed by atoms with E-state index in [0.717, 1.165) is 27.9 Å². The van der Waals surface area contributed by atoms with Crippen LogP contribution in [0, 0.1) is 27.7 Å². The van der Waals surface area contributed by atoms with E-state index in [0.29, 0.717) is 16.2 Å². The van der Waals surface area contributed by atoms with Crippen molar-refractivity contribution in [2.75, 3.05) is 5.32 Å². The van der Waals surface area contributed by atoms with Crippen LogP contribution in [0.2, 0.25) is 0 Å². The minimum absolute atomic E-state index is 0.109. The van der Waals surface area contributed by atoms with Gasteiger partial charge in [0.2, 0.25) is 5.70 Å². The summed E-state index contributed by atoms with van der Waals surface area (Å²) >= 11 is 5.69. The fourth-order valence-corrected chi connectivity index (χ4v) is 3.26. The minimum Gasteiger partial charge on any atom is -0.867 e. The Bertz CT molecular complexity index is 1060. The largest absolute Gasteiger partial charge is 0.867 e. The average molecular weight is 389 g/mol. The van der Waals surface area contributed by atoms with Crippen molar-refractivity contribution in [3.8, 4) is 0 Å². The number of pyridine rings is 1. The highest BCUT2D eigenvalue weighted by Crippen LogP contribution is 2.21. The molecule has 0 aliphatic heterocycles. The summed E-state index contributed by atoms with van der Waals surface area (Å²) in [4.78, 5) is 0.396. The second kappa shape index (κ2) is 8.36. The monoisotopic (exact) mass is 388 g/mol. The number of anilines is 1. The summed E-state index contributed by atoms with van der Waals surface area (Å²) in [6.07, 6.45) is 3.68. The number of nitrogens with zero attached hydrogens (tertiary/aromatic N) is 1. The van der Waals surface area contributed by atoms with Crippen molar-refractivity contribution in [3.63, 3.8) is 0 Å². The van der Waals surface area contributed by atoms with Gasteiger partial charge in [0.25, 0.3) is 0 Å². The van der Waals surface area contributed by atoms with E-state index in [1.807, 2.05) is 88.6 Å². The molecule has 0 amide bonds. The highest BCUT2D eigenvalue weighted by atomic mass is 32.1. The Kier molecular flexibility index (Phi) is 5.90. The molecule has 1 N–H and O–H groups in total. The summed E-state index contributed by atoms with van der Waals surface area (Å²) in [5, 5.41) is 16.7. The number of aromatic nitrogens is 1. The summed E-state index contributed by atoms with van der Waals surface area (Å²) in [6.45, 7) is 8.09. The van der Waals surface area contributed by atoms with Crippen molar-refractivity contribution in [2.45, 2.75) is 27.7 Å². The van der Waals surface area contributed by atoms with E-state index in [2.05, 4.69) is 11.4 Å². The molecule has 1 aromatic heterocycles. The predicted molar refractivity (Wildman–Crippen MR) is 118 cm³/mol. The van der Waals surface area contributed by atoms with E-state index >= 15 is 0 Å². The van der Waals surface area contributed by atoms with Crippen molar-refractivity contribution >= 4 is 34.3 Å². The fraction of sp³-hybridized carbons (Fsp3) is 0.167. The van der Waals surface area contributed by atoms with Crippen molar-refractivity contribution in [1.29, 1.82) is 0 Å². The molecule has 28 heavy (non-hydrogen) atoms. The van der Waals surface area contributed by atoms with Crippen LogP contribution in [0.1, 0.15) is 27.8 Å². The van der Waals surface area contributed by atoms with Gasteiger partial charge in [-0.3, -0.25) is 0 Å². The van der Waals surface area contributed by atoms with Crippen molar-refractivity contribution < 1.29 is 9.67 Å². The van der Waals surface area contributed by atoms with Crippen LogP contribution in [0.4, 0.5) is 5.69 Å². The van der Waals surface area contributed by atoms with E-state index in [9.17, 15) is 5.11 Å². The van der Waals surface area contributed by atoms with Crippen molar-refractivity contribution in [3.05, 3.63) is 94.8 Å². The zero-order valence-electron chi connectivity index (χ0n) is 16.6. The van der Waals surface area contributed by atoms with Gasteiger partial charge in [0.1, 0.15) is 0 Å². The van der Waals surface area contributed by atoms with Crippen LogP contribution in [-0.4, -0.2) is 4.99 Å². The standard InChI is InChI=1S/C24H24N2OS/c1-16-8-9-18(3)21(14-16)25-24(28)22(26-12-6-5-7-13-26)23(27)20-11-10-17(2)19(4)15-20/h5-15H,1-4H3,(H-,25,27,28). The first-order chi connectivity index (χ1) is 13.4. The molecule has 3 rings (SSSR count). The molecule has 3 aromatic rings. The number of hydrogen-bond acceptors (Lipinski definition) is 2. The fourth-order valence-electron chi connectivity index (χ4n) is 2.96. The topological polar surface area (TPSA) is 39.0 Å². The number of hydrogen-bond donors (Lipinski definition) is 1. The SMILES string of the molecule is Cc1ccc(C)c(NC(=S)/C(=C(\[O-])c2ccc(C)c(C)c2)[n+]2ccccc2)c1. The summed E-state index contributed by atoms with van der Waals surface area (Å²) in [7, 11) is 0. The van der Waals surface area contributed by atoms with Crippen molar-refractivity contribution in [1.82, 2.24) is 0 Å². The molecule has 2 aromatic carbocycles. The number of nitrogens with one attached hydrogen (secondary N) is 1. The molecular formula is C24H24N2OS. The van der Waals surface area contributed by atoms with Gasteiger partial charge in [-0.15, -0.1) is 0 Å². The Labute approximate surface area is 172 Å². The third-order valence-electron chi connectivity index (χ3n) is 4.81. The van der Waals surface area contributed by atoms with Crippen LogP contribution in [0.25, 0.3) is 11.5 Å². The number of rotatable bonds is 4. The molecule has 142 valence electrons. The van der Waals surface area contributed by atoms with Crippen molar-refractivity contribution in [2.24, 2.45) is 0 Å². The van der Waals surface area contributed by atoms with E-state index < -0.39 is 0 Å². The molecule has 0 radical (unpaired) electrons. The first-order valence-corrected chi connectivity index (χ1v) is 9.62. The molecule has 0 atom stereocenters. The van der Waals surface area contributed by atoms with Gasteiger partial charge in [0, 0.05) is 17.8 Å². The average Bonchev–Trinajstić information content (AvgIpc) is 2.68. The summed E-state index contributed by atoms with van der Waals surface area (Å²) in [5.41, 5.74) is 6.40. The first-order valence-electron chi connectivity index (χ1n) is 9.21. The second-order valence-corrected chi connectivity index (χ2v) is 7.44. The van der Waals surface area contributed by atoms with E-state index in [1.165, 1.54) is 0 Å². The molecule has 4 heteroatoms. The zero-order chi connectivity index (χ0) is 20.3. The molecule has 1 heterocycles. The van der Waals surface area contributed by atoms with E-state index in [4.69, 9.17) is 12.2 Å². The van der Waals surface area contributed by atoms with Gasteiger partial charge in [-0.1, -0.05) is 48.6 Å². The van der Waals surface area contributed by atoms with Crippen LogP contribution >= 0.6 is 12.2 Å². The molecule has 3 nitrogen and oxygen atoms in total. The number of benzene rings is 2. The summed E-state index contributed by atoms with van der Waals surface area (Å²) in [5.74, 6) is -0.109. The van der Waals surface area contributed by atoms with Crippen LogP contribution in [-0.2, 0) is 0 Å². The third-order valence-corrected chi connectivity index (χ3v) is 5.11. The Morgan fingerprint density at radius 2 is 1.54 bits per heavy atom. The van der Waals surface area contributed by atoms with Gasteiger partial charge < -0.3 is 10.4 Å². The maximum Gasteiger partial charge on any atom is 0.238 e. The van der Waals surface area contributed by atoms with Crippen LogP contribution < -0.4 is 15.0 Å². The van der Waals surface area contributed by atoms with E-state index in [-0.39, 0.29) is 5.76 Å². The van der Waals surface area contributed by atoms with Gasteiger partial charge in [0.05, 0.1) is 0 Å². The third kappa shape index (κ3) is 4.29. The Morgan fingerprint density at radius 3 is 2.21 bits per heavy atom. The quantitative estimate of drug-likeness (QED) is 0.313. The maximum absolute atomic E-state index is 13.4. The van der Waals surface area contributed by atoms with Gasteiger partial charge >= 0.3 is 0 Å². The van der Waals surface area contributed by atoms with Crippen LogP contribution in [0.3, 0.4) is 0 Å². The highest BCUT2D eigenvalue weighted by molar-refractivity contribution is 7.81. The molecule has 0 aliphatic rings. The Morgan fingerprint density at radius 1 is 0.857 bits per heavy atom. The summed E-state index contributed by atoms with van der Waals surface area (Å²) in [6, 6.07) is 17.6. The van der Waals surface area contributed by atoms with Gasteiger partial charge in [-0.05, 0) is 67.3 Å². The lowest BCUT2D eigenvalue weighted by Crippen LogP contribution is -2.39.